The summed E-state index contributed by atoms with van der Waals surface area (Å²) in [6.45, 7) is 7.80. The highest BCUT2D eigenvalue weighted by Gasteiger charge is 2.53. The fraction of sp³-hybridized carbons (Fsp3) is 0.938. The van der Waals surface area contributed by atoms with Gasteiger partial charge in [-0.15, -0.1) is 0 Å². The second-order valence-corrected chi connectivity index (χ2v) is 6.88. The number of hydrogen-bond donors (Lipinski definition) is 1. The molecular formula is C16H30N2O3. The Morgan fingerprint density at radius 1 is 1.33 bits per heavy atom. The first-order valence-corrected chi connectivity index (χ1v) is 8.09. The second-order valence-electron chi connectivity index (χ2n) is 6.88. The lowest BCUT2D eigenvalue weighted by Gasteiger charge is -2.37. The smallest absolute Gasteiger partial charge is 0.327 e. The van der Waals surface area contributed by atoms with Crippen molar-refractivity contribution in [3.63, 3.8) is 0 Å². The molecule has 1 aliphatic heterocycles. The van der Waals surface area contributed by atoms with E-state index in [0.29, 0.717) is 11.8 Å². The number of carbonyl (C=O) groups excluding carboxylic acids is 1. The molecule has 0 spiro atoms. The van der Waals surface area contributed by atoms with Crippen LogP contribution in [0.25, 0.3) is 0 Å². The van der Waals surface area contributed by atoms with Gasteiger partial charge in [-0.2, -0.15) is 0 Å². The van der Waals surface area contributed by atoms with Gasteiger partial charge in [-0.05, 0) is 51.5 Å². The molecule has 2 unspecified atom stereocenters. The van der Waals surface area contributed by atoms with Crippen molar-refractivity contribution in [2.75, 3.05) is 40.5 Å². The Balaban J connectivity index is 2.07. The molecule has 1 N–H and O–H groups in total. The highest BCUT2D eigenvalue weighted by molar-refractivity contribution is 5.82. The molecule has 0 aromatic rings. The molecule has 0 bridgehead atoms. The molecule has 0 aromatic carbocycles. The van der Waals surface area contributed by atoms with Crippen molar-refractivity contribution < 1.29 is 14.3 Å². The number of rotatable bonds is 8. The van der Waals surface area contributed by atoms with Crippen molar-refractivity contribution in [2.45, 2.75) is 44.7 Å². The standard InChI is InChI=1S/C16H30N2O3/c1-12(2)17-16(14-5-6-14,15(19)21-4)11-18-8-7-13(9-18)10-20-3/h12-14,17H,5-11H2,1-4H3. The van der Waals surface area contributed by atoms with E-state index in [-0.39, 0.29) is 12.0 Å². The first kappa shape index (κ1) is 16.7. The largest absolute Gasteiger partial charge is 0.468 e. The van der Waals surface area contributed by atoms with Crippen molar-refractivity contribution in [3.8, 4) is 0 Å². The van der Waals surface area contributed by atoms with Gasteiger partial charge in [0.15, 0.2) is 0 Å². The third kappa shape index (κ3) is 3.96. The quantitative estimate of drug-likeness (QED) is 0.684. The first-order valence-electron chi connectivity index (χ1n) is 8.09. The summed E-state index contributed by atoms with van der Waals surface area (Å²) in [4.78, 5) is 14.9. The lowest BCUT2D eigenvalue weighted by atomic mass is 9.91. The van der Waals surface area contributed by atoms with Crippen LogP contribution in [0.3, 0.4) is 0 Å². The molecule has 1 heterocycles. The Morgan fingerprint density at radius 3 is 2.57 bits per heavy atom. The van der Waals surface area contributed by atoms with Crippen molar-refractivity contribution in [2.24, 2.45) is 11.8 Å². The topological polar surface area (TPSA) is 50.8 Å². The number of likely N-dealkylation sites (tertiary alicyclic amines) is 1. The van der Waals surface area contributed by atoms with Crippen LogP contribution in [0, 0.1) is 11.8 Å². The van der Waals surface area contributed by atoms with Gasteiger partial charge in [-0.1, -0.05) is 0 Å². The van der Waals surface area contributed by atoms with Crippen LogP contribution >= 0.6 is 0 Å². The first-order chi connectivity index (χ1) is 10.0. The Kier molecular flexibility index (Phi) is 5.63. The summed E-state index contributed by atoms with van der Waals surface area (Å²) < 4.78 is 10.4. The van der Waals surface area contributed by atoms with E-state index < -0.39 is 5.54 Å². The van der Waals surface area contributed by atoms with Gasteiger partial charge in [0.25, 0.3) is 0 Å². The molecular weight excluding hydrogens is 268 g/mol. The Labute approximate surface area is 128 Å². The molecule has 0 aromatic heterocycles. The van der Waals surface area contributed by atoms with Crippen LogP contribution in [0.15, 0.2) is 0 Å². The number of nitrogens with one attached hydrogen (secondary N) is 1. The Bertz CT molecular complexity index is 357. The summed E-state index contributed by atoms with van der Waals surface area (Å²) in [7, 11) is 3.26. The van der Waals surface area contributed by atoms with E-state index in [1.165, 1.54) is 7.11 Å². The maximum absolute atomic E-state index is 12.5. The Morgan fingerprint density at radius 2 is 2.05 bits per heavy atom. The molecule has 0 amide bonds. The van der Waals surface area contributed by atoms with Gasteiger partial charge in [0.05, 0.1) is 13.7 Å². The number of nitrogens with zero attached hydrogens (tertiary/aromatic N) is 1. The lowest BCUT2D eigenvalue weighted by Crippen LogP contribution is -2.62. The summed E-state index contributed by atoms with van der Waals surface area (Å²) in [6.07, 6.45) is 3.38. The predicted octanol–water partition coefficient (Wildman–Crippen LogP) is 1.27. The Hall–Kier alpha value is -0.650. The van der Waals surface area contributed by atoms with E-state index >= 15 is 0 Å². The van der Waals surface area contributed by atoms with Crippen molar-refractivity contribution in [3.05, 3.63) is 0 Å². The molecule has 2 rings (SSSR count). The lowest BCUT2D eigenvalue weighted by molar-refractivity contribution is -0.151. The van der Waals surface area contributed by atoms with Crippen LogP contribution in [-0.4, -0.2) is 62.9 Å². The zero-order valence-corrected chi connectivity index (χ0v) is 13.9. The zero-order chi connectivity index (χ0) is 15.5. The second kappa shape index (κ2) is 7.07. The summed E-state index contributed by atoms with van der Waals surface area (Å²) in [6, 6.07) is 0.266. The minimum Gasteiger partial charge on any atom is -0.468 e. The van der Waals surface area contributed by atoms with Crippen molar-refractivity contribution in [1.29, 1.82) is 0 Å². The van der Waals surface area contributed by atoms with Crippen LogP contribution in [0.5, 0.6) is 0 Å². The highest BCUT2D eigenvalue weighted by atomic mass is 16.5. The number of esters is 1. The average molecular weight is 298 g/mol. The van der Waals surface area contributed by atoms with Gasteiger partial charge in [0.2, 0.25) is 0 Å². The minimum absolute atomic E-state index is 0.103. The number of methoxy groups -OCH3 is 2. The van der Waals surface area contributed by atoms with Gasteiger partial charge in [0, 0.05) is 26.2 Å². The monoisotopic (exact) mass is 298 g/mol. The van der Waals surface area contributed by atoms with Gasteiger partial charge in [-0.25, -0.2) is 4.79 Å². The number of ether oxygens (including phenoxy) is 2. The van der Waals surface area contributed by atoms with Gasteiger partial charge >= 0.3 is 5.97 Å². The molecule has 0 radical (unpaired) electrons. The third-order valence-corrected chi connectivity index (χ3v) is 4.62. The molecule has 1 aliphatic carbocycles. The molecule has 1 saturated heterocycles. The average Bonchev–Trinajstić information content (AvgIpc) is 3.20. The normalized spacial score (nSPS) is 26.0. The van der Waals surface area contributed by atoms with Crippen LogP contribution in [0.2, 0.25) is 0 Å². The maximum Gasteiger partial charge on any atom is 0.327 e. The summed E-state index contributed by atoms with van der Waals surface area (Å²) in [5.41, 5.74) is -0.537. The third-order valence-electron chi connectivity index (χ3n) is 4.62. The molecule has 5 nitrogen and oxygen atoms in total. The van der Waals surface area contributed by atoms with Crippen LogP contribution in [0.1, 0.15) is 33.1 Å². The van der Waals surface area contributed by atoms with E-state index in [0.717, 1.165) is 45.5 Å². The zero-order valence-electron chi connectivity index (χ0n) is 13.9. The molecule has 2 aliphatic rings. The fourth-order valence-corrected chi connectivity index (χ4v) is 3.64. The summed E-state index contributed by atoms with van der Waals surface area (Å²) >= 11 is 0. The maximum atomic E-state index is 12.5. The van der Waals surface area contributed by atoms with Crippen LogP contribution in [-0.2, 0) is 14.3 Å². The van der Waals surface area contributed by atoms with Gasteiger partial charge in [0.1, 0.15) is 5.54 Å². The molecule has 1 saturated carbocycles. The van der Waals surface area contributed by atoms with E-state index in [1.807, 2.05) is 0 Å². The van der Waals surface area contributed by atoms with Gasteiger partial charge in [-0.3, -0.25) is 5.32 Å². The highest BCUT2D eigenvalue weighted by Crippen LogP contribution is 2.42. The van der Waals surface area contributed by atoms with Gasteiger partial charge < -0.3 is 14.4 Å². The van der Waals surface area contributed by atoms with Crippen molar-refractivity contribution >= 4 is 5.97 Å². The fourth-order valence-electron chi connectivity index (χ4n) is 3.64. The van der Waals surface area contributed by atoms with Crippen LogP contribution < -0.4 is 5.32 Å². The molecule has 5 heteroatoms. The summed E-state index contributed by atoms with van der Waals surface area (Å²) in [5.74, 6) is 0.895. The molecule has 2 fully saturated rings. The SMILES string of the molecule is COCC1CCN(CC(NC(C)C)(C(=O)OC)C2CC2)C1. The van der Waals surface area contributed by atoms with Crippen molar-refractivity contribution in [1.82, 2.24) is 10.2 Å². The number of carbonyl (C=O) groups is 1. The summed E-state index contributed by atoms with van der Waals surface area (Å²) in [5, 5.41) is 3.53. The molecule has 122 valence electrons. The number of hydrogen-bond acceptors (Lipinski definition) is 5. The van der Waals surface area contributed by atoms with Crippen LogP contribution in [0.4, 0.5) is 0 Å². The van der Waals surface area contributed by atoms with E-state index in [1.54, 1.807) is 7.11 Å². The predicted molar refractivity (Wildman–Crippen MR) is 82.2 cm³/mol. The minimum atomic E-state index is -0.537. The molecule has 2 atom stereocenters. The van der Waals surface area contributed by atoms with E-state index in [2.05, 4.69) is 24.1 Å². The molecule has 21 heavy (non-hydrogen) atoms. The van der Waals surface area contributed by atoms with E-state index in [4.69, 9.17) is 9.47 Å². The van der Waals surface area contributed by atoms with E-state index in [9.17, 15) is 4.79 Å².